The van der Waals surface area contributed by atoms with Crippen LogP contribution in [0.25, 0.3) is 22.0 Å². The van der Waals surface area contributed by atoms with E-state index in [-0.39, 0.29) is 36.7 Å². The zero-order valence-electron chi connectivity index (χ0n) is 18.8. The predicted molar refractivity (Wildman–Crippen MR) is 122 cm³/mol. The van der Waals surface area contributed by atoms with Crippen LogP contribution < -0.4 is 5.56 Å². The normalized spacial score (nSPS) is 13.1. The van der Waals surface area contributed by atoms with Crippen molar-refractivity contribution in [3.8, 4) is 11.1 Å². The summed E-state index contributed by atoms with van der Waals surface area (Å²) in [4.78, 5) is 24.3. The van der Waals surface area contributed by atoms with Crippen LogP contribution in [-0.4, -0.2) is 47.1 Å². The molecule has 0 aliphatic rings. The molecule has 0 fully saturated rings. The summed E-state index contributed by atoms with van der Waals surface area (Å²) in [6.07, 6.45) is 2.04. The summed E-state index contributed by atoms with van der Waals surface area (Å²) in [6.45, 7) is -0.182. The van der Waals surface area contributed by atoms with E-state index in [1.807, 2.05) is 0 Å². The van der Waals surface area contributed by atoms with E-state index in [2.05, 4.69) is 15.4 Å². The molecule has 9 nitrogen and oxygen atoms in total. The van der Waals surface area contributed by atoms with E-state index in [1.54, 1.807) is 36.3 Å². The third-order valence-corrected chi connectivity index (χ3v) is 5.93. The van der Waals surface area contributed by atoms with Gasteiger partial charge in [-0.15, -0.1) is 5.10 Å². The zero-order chi connectivity index (χ0) is 25.1. The monoisotopic (exact) mass is 483 g/mol. The second-order valence-electron chi connectivity index (χ2n) is 8.30. The third kappa shape index (κ3) is 5.24. The van der Waals surface area contributed by atoms with Gasteiger partial charge in [0.25, 0.3) is 5.56 Å². The summed E-state index contributed by atoms with van der Waals surface area (Å²) in [5.74, 6) is -3.72. The van der Waals surface area contributed by atoms with Crippen LogP contribution in [0.5, 0.6) is 0 Å². The molecule has 2 N–H and O–H groups in total. The number of carboxylic acid groups (broad SMARTS) is 1. The summed E-state index contributed by atoms with van der Waals surface area (Å²) in [7, 11) is 1.76. The number of nitrogens with zero attached hydrogens (tertiary/aromatic N) is 5. The van der Waals surface area contributed by atoms with E-state index >= 15 is 0 Å². The number of rotatable bonds is 9. The first-order valence-electron chi connectivity index (χ1n) is 10.9. The highest BCUT2D eigenvalue weighted by molar-refractivity contribution is 5.77. The van der Waals surface area contributed by atoms with Gasteiger partial charge in [0.05, 0.1) is 18.2 Å². The van der Waals surface area contributed by atoms with E-state index in [0.717, 1.165) is 16.3 Å². The molecule has 0 spiro atoms. The number of aliphatic hydroxyl groups excluding tert-OH is 1. The van der Waals surface area contributed by atoms with Gasteiger partial charge in [-0.1, -0.05) is 23.4 Å². The molecule has 11 heteroatoms. The molecule has 0 saturated carbocycles. The fourth-order valence-electron chi connectivity index (χ4n) is 3.97. The lowest BCUT2D eigenvalue weighted by Gasteiger charge is -2.19. The van der Waals surface area contributed by atoms with E-state index in [4.69, 9.17) is 0 Å². The van der Waals surface area contributed by atoms with Gasteiger partial charge in [0.15, 0.2) is 0 Å². The minimum Gasteiger partial charge on any atom is -0.481 e. The predicted octanol–water partition coefficient (Wildman–Crippen LogP) is 2.55. The number of carboxylic acids is 1. The fraction of sp³-hybridized carbons (Fsp3) is 0.292. The number of benzene rings is 2. The van der Waals surface area contributed by atoms with Crippen molar-refractivity contribution in [3.63, 3.8) is 0 Å². The van der Waals surface area contributed by atoms with Gasteiger partial charge in [0, 0.05) is 25.4 Å². The Kier molecular flexibility index (Phi) is 6.97. The molecule has 0 radical (unpaired) electrons. The maximum atomic E-state index is 14.6. The quantitative estimate of drug-likeness (QED) is 0.375. The molecule has 4 rings (SSSR count). The largest absolute Gasteiger partial charge is 0.481 e. The van der Waals surface area contributed by atoms with Crippen LogP contribution in [0.3, 0.4) is 0 Å². The molecule has 182 valence electrons. The van der Waals surface area contributed by atoms with Crippen LogP contribution in [0.4, 0.5) is 8.78 Å². The van der Waals surface area contributed by atoms with Crippen LogP contribution in [-0.2, 0) is 24.8 Å². The molecular weight excluding hydrogens is 460 g/mol. The van der Waals surface area contributed by atoms with E-state index < -0.39 is 35.2 Å². The number of hydrogen-bond acceptors (Lipinski definition) is 6. The van der Waals surface area contributed by atoms with Crippen molar-refractivity contribution in [3.05, 3.63) is 76.3 Å². The number of aliphatic hydroxyl groups is 1. The molecule has 2 aromatic heterocycles. The molecular formula is C24H23F2N5O4. The number of fused-ring (bicyclic) bond motifs is 1. The summed E-state index contributed by atoms with van der Waals surface area (Å²) in [6, 6.07) is 8.68. The maximum absolute atomic E-state index is 14.6. The number of aromatic nitrogens is 5. The molecule has 4 aromatic rings. The Labute approximate surface area is 198 Å². The van der Waals surface area contributed by atoms with Gasteiger partial charge >= 0.3 is 5.97 Å². The molecule has 1 unspecified atom stereocenters. The molecule has 0 amide bonds. The highest BCUT2D eigenvalue weighted by Gasteiger charge is 2.27. The summed E-state index contributed by atoms with van der Waals surface area (Å²) in [5.41, 5.74) is 1.12. The van der Waals surface area contributed by atoms with Crippen molar-refractivity contribution in [1.82, 2.24) is 24.8 Å². The van der Waals surface area contributed by atoms with Gasteiger partial charge in [-0.3, -0.25) is 14.3 Å². The zero-order valence-corrected chi connectivity index (χ0v) is 18.8. The molecule has 0 aliphatic carbocycles. The highest BCUT2D eigenvalue weighted by Crippen LogP contribution is 2.23. The average Bonchev–Trinajstić information content (AvgIpc) is 3.25. The van der Waals surface area contributed by atoms with E-state index in [1.165, 1.54) is 18.2 Å². The van der Waals surface area contributed by atoms with Crippen molar-refractivity contribution in [1.29, 1.82) is 0 Å². The van der Waals surface area contributed by atoms with Crippen LogP contribution in [0, 0.1) is 17.6 Å². The third-order valence-electron chi connectivity index (χ3n) is 5.93. The highest BCUT2D eigenvalue weighted by atomic mass is 19.1. The Balaban J connectivity index is 1.42. The lowest BCUT2D eigenvalue weighted by atomic mass is 9.93. The maximum Gasteiger partial charge on any atom is 0.309 e. The summed E-state index contributed by atoms with van der Waals surface area (Å²) in [5, 5.41) is 31.5. The van der Waals surface area contributed by atoms with Gasteiger partial charge in [0.2, 0.25) is 0 Å². The number of carbonyl (C=O) groups is 1. The Morgan fingerprint density at radius 1 is 1.11 bits per heavy atom. The Hall–Kier alpha value is -3.99. The number of hydrogen-bond donors (Lipinski definition) is 2. The topological polar surface area (TPSA) is 123 Å². The standard InChI is InChI=1S/C24H23F2N5O4/c1-30-13-16(12-27-30)15-6-5-14(19(26)11-15)7-8-21(32)17(24(34)35)9-10-31-23(33)22-18(25)3-2-4-20(22)28-29-31/h2-6,11-13,17,21,32H,7-10H2,1H3,(H,34,35)/t17?,21-/m1/s1. The van der Waals surface area contributed by atoms with Crippen molar-refractivity contribution < 1.29 is 23.8 Å². The van der Waals surface area contributed by atoms with Crippen LogP contribution in [0.15, 0.2) is 53.6 Å². The summed E-state index contributed by atoms with van der Waals surface area (Å²) < 4.78 is 31.2. The molecule has 0 aliphatic heterocycles. The molecule has 35 heavy (non-hydrogen) atoms. The molecule has 2 atom stereocenters. The van der Waals surface area contributed by atoms with Gasteiger partial charge in [0.1, 0.15) is 22.5 Å². The van der Waals surface area contributed by atoms with E-state index in [9.17, 15) is 28.6 Å². The number of aliphatic carboxylic acids is 1. The first-order valence-corrected chi connectivity index (χ1v) is 10.9. The second-order valence-corrected chi connectivity index (χ2v) is 8.30. The van der Waals surface area contributed by atoms with Crippen molar-refractivity contribution >= 4 is 16.9 Å². The molecule has 0 saturated heterocycles. The molecule has 0 bridgehead atoms. The van der Waals surface area contributed by atoms with Crippen LogP contribution in [0.1, 0.15) is 18.4 Å². The lowest BCUT2D eigenvalue weighted by Crippen LogP contribution is -2.32. The Bertz CT molecular complexity index is 1440. The van der Waals surface area contributed by atoms with Gasteiger partial charge in [-0.05, 0) is 48.6 Å². The van der Waals surface area contributed by atoms with Gasteiger partial charge < -0.3 is 10.2 Å². The number of halogens is 2. The average molecular weight is 483 g/mol. The van der Waals surface area contributed by atoms with E-state index in [0.29, 0.717) is 11.1 Å². The van der Waals surface area contributed by atoms with Crippen molar-refractivity contribution in [2.24, 2.45) is 13.0 Å². The second kappa shape index (κ2) is 10.1. The van der Waals surface area contributed by atoms with Crippen molar-refractivity contribution in [2.75, 3.05) is 0 Å². The Morgan fingerprint density at radius 2 is 1.91 bits per heavy atom. The van der Waals surface area contributed by atoms with Crippen LogP contribution >= 0.6 is 0 Å². The molecule has 2 aromatic carbocycles. The van der Waals surface area contributed by atoms with Crippen LogP contribution in [0.2, 0.25) is 0 Å². The molecule has 2 heterocycles. The first kappa shape index (κ1) is 24.1. The fourth-order valence-corrected chi connectivity index (χ4v) is 3.97. The number of aryl methyl sites for hydroxylation is 3. The first-order chi connectivity index (χ1) is 16.7. The SMILES string of the molecule is Cn1cc(-c2ccc(CC[C@@H](O)C(CCn3nnc4cccc(F)c4c3=O)C(=O)O)c(F)c2)cn1. The van der Waals surface area contributed by atoms with Gasteiger partial charge in [-0.2, -0.15) is 5.10 Å². The smallest absolute Gasteiger partial charge is 0.309 e. The van der Waals surface area contributed by atoms with Crippen molar-refractivity contribution in [2.45, 2.75) is 31.9 Å². The minimum atomic E-state index is -1.30. The lowest BCUT2D eigenvalue weighted by molar-refractivity contribution is -0.146. The summed E-state index contributed by atoms with van der Waals surface area (Å²) >= 11 is 0. The minimum absolute atomic E-state index is 0.00689. The van der Waals surface area contributed by atoms with Gasteiger partial charge in [-0.25, -0.2) is 13.5 Å². The Morgan fingerprint density at radius 3 is 2.60 bits per heavy atom.